The molecule has 3 rings (SSSR count). The summed E-state index contributed by atoms with van der Waals surface area (Å²) in [6, 6.07) is 16.6. The molecule has 0 bridgehead atoms. The summed E-state index contributed by atoms with van der Waals surface area (Å²) in [5, 5.41) is 4.09. The third kappa shape index (κ3) is 8.16. The van der Waals surface area contributed by atoms with Gasteiger partial charge in [0, 0.05) is 27.7 Å². The molecule has 7 nitrogen and oxygen atoms in total. The molecule has 2 atom stereocenters. The van der Waals surface area contributed by atoms with Gasteiger partial charge in [0.25, 0.3) is 10.0 Å². The van der Waals surface area contributed by atoms with Gasteiger partial charge >= 0.3 is 0 Å². The maximum absolute atomic E-state index is 14.2. The first-order valence-corrected chi connectivity index (χ1v) is 15.8. The minimum atomic E-state index is -4.20. The minimum Gasteiger partial charge on any atom is -0.352 e. The number of para-hydroxylation sites is 1. The molecule has 0 aromatic heterocycles. The molecule has 3 aromatic carbocycles. The van der Waals surface area contributed by atoms with Crippen molar-refractivity contribution in [3.05, 3.63) is 92.9 Å². The van der Waals surface area contributed by atoms with E-state index in [0.29, 0.717) is 44.7 Å². The molecule has 220 valence electrons. The van der Waals surface area contributed by atoms with Gasteiger partial charge in [0.2, 0.25) is 11.8 Å². The molecular formula is C30H34Cl3N3O4S. The molecule has 0 saturated carbocycles. The first-order chi connectivity index (χ1) is 19.4. The van der Waals surface area contributed by atoms with Crippen LogP contribution in [0.4, 0.5) is 5.69 Å². The van der Waals surface area contributed by atoms with Crippen LogP contribution in [0.3, 0.4) is 0 Å². The maximum Gasteiger partial charge on any atom is 0.264 e. The molecule has 0 heterocycles. The molecule has 1 N–H and O–H groups in total. The summed E-state index contributed by atoms with van der Waals surface area (Å²) in [6.45, 7) is 6.82. The number of aryl methyl sites for hydroxylation is 1. The molecule has 0 aliphatic heterocycles. The number of carbonyl (C=O) groups excluding carboxylic acids is 2. The molecule has 11 heteroatoms. The van der Waals surface area contributed by atoms with Crippen molar-refractivity contribution in [1.82, 2.24) is 10.2 Å². The van der Waals surface area contributed by atoms with Crippen molar-refractivity contribution in [2.24, 2.45) is 0 Å². The monoisotopic (exact) mass is 637 g/mol. The lowest BCUT2D eigenvalue weighted by Gasteiger charge is -2.34. The predicted molar refractivity (Wildman–Crippen MR) is 166 cm³/mol. The van der Waals surface area contributed by atoms with E-state index in [1.807, 2.05) is 13.8 Å². The number of hydrogen-bond donors (Lipinski definition) is 1. The third-order valence-corrected chi connectivity index (χ3v) is 9.42. The van der Waals surface area contributed by atoms with E-state index in [1.54, 1.807) is 56.3 Å². The molecule has 0 aliphatic rings. The van der Waals surface area contributed by atoms with E-state index in [2.05, 4.69) is 5.32 Å². The number of rotatable bonds is 12. The summed E-state index contributed by atoms with van der Waals surface area (Å²) in [5.74, 6) is -0.897. The second-order valence-electron chi connectivity index (χ2n) is 9.75. The van der Waals surface area contributed by atoms with Crippen LogP contribution in [-0.4, -0.2) is 43.8 Å². The Morgan fingerprint density at radius 2 is 1.54 bits per heavy atom. The lowest BCUT2D eigenvalue weighted by Crippen LogP contribution is -2.53. The fourth-order valence-electron chi connectivity index (χ4n) is 4.28. The van der Waals surface area contributed by atoms with Crippen molar-refractivity contribution in [2.75, 3.05) is 10.8 Å². The van der Waals surface area contributed by atoms with E-state index in [-0.39, 0.29) is 23.4 Å². The Morgan fingerprint density at radius 3 is 2.12 bits per heavy atom. The van der Waals surface area contributed by atoms with Gasteiger partial charge in [-0.25, -0.2) is 8.42 Å². The van der Waals surface area contributed by atoms with Gasteiger partial charge in [0.05, 0.1) is 10.6 Å². The number of carbonyl (C=O) groups is 2. The number of sulfonamides is 1. The lowest BCUT2D eigenvalue weighted by atomic mass is 10.1. The molecule has 0 saturated heterocycles. The number of hydrogen-bond acceptors (Lipinski definition) is 4. The topological polar surface area (TPSA) is 86.8 Å². The highest BCUT2D eigenvalue weighted by atomic mass is 35.5. The Kier molecular flexibility index (Phi) is 11.5. The van der Waals surface area contributed by atoms with Crippen molar-refractivity contribution >= 4 is 62.3 Å². The Balaban J connectivity index is 2.09. The van der Waals surface area contributed by atoms with Gasteiger partial charge in [-0.05, 0) is 80.3 Å². The first-order valence-electron chi connectivity index (χ1n) is 13.3. The summed E-state index contributed by atoms with van der Waals surface area (Å²) in [5.41, 5.74) is 1.58. The van der Waals surface area contributed by atoms with Gasteiger partial charge in [-0.15, -0.1) is 0 Å². The zero-order chi connectivity index (χ0) is 30.3. The van der Waals surface area contributed by atoms with E-state index < -0.39 is 28.5 Å². The van der Waals surface area contributed by atoms with Crippen LogP contribution in [0, 0.1) is 6.92 Å². The van der Waals surface area contributed by atoms with Crippen molar-refractivity contribution < 1.29 is 18.0 Å². The van der Waals surface area contributed by atoms with Crippen LogP contribution in [0.2, 0.25) is 15.1 Å². The summed E-state index contributed by atoms with van der Waals surface area (Å²) in [6.07, 6.45) is 1.01. The highest BCUT2D eigenvalue weighted by molar-refractivity contribution is 7.92. The van der Waals surface area contributed by atoms with Gasteiger partial charge in [-0.3, -0.25) is 13.9 Å². The predicted octanol–water partition coefficient (Wildman–Crippen LogP) is 6.87. The average Bonchev–Trinajstić information content (AvgIpc) is 2.93. The fourth-order valence-corrected chi connectivity index (χ4v) is 6.36. The molecule has 0 spiro atoms. The summed E-state index contributed by atoms with van der Waals surface area (Å²) in [7, 11) is -4.20. The quantitative estimate of drug-likeness (QED) is 0.235. The van der Waals surface area contributed by atoms with Crippen LogP contribution in [0.5, 0.6) is 0 Å². The average molecular weight is 639 g/mol. The van der Waals surface area contributed by atoms with Crippen LogP contribution in [-0.2, 0) is 26.2 Å². The number of nitrogens with zero attached hydrogens (tertiary/aromatic N) is 2. The van der Waals surface area contributed by atoms with Gasteiger partial charge in [-0.2, -0.15) is 0 Å². The second-order valence-corrected chi connectivity index (χ2v) is 12.9. The van der Waals surface area contributed by atoms with Gasteiger partial charge in [0.15, 0.2) is 0 Å². The molecule has 2 amide bonds. The molecule has 3 aromatic rings. The summed E-state index contributed by atoms with van der Waals surface area (Å²) < 4.78 is 29.0. The maximum atomic E-state index is 14.2. The number of anilines is 1. The molecule has 0 radical (unpaired) electrons. The van der Waals surface area contributed by atoms with Crippen molar-refractivity contribution in [3.8, 4) is 0 Å². The number of halogens is 3. The Hall–Kier alpha value is -2.78. The van der Waals surface area contributed by atoms with Gasteiger partial charge in [0.1, 0.15) is 12.6 Å². The smallest absolute Gasteiger partial charge is 0.264 e. The first kappa shape index (κ1) is 32.7. The summed E-state index contributed by atoms with van der Waals surface area (Å²) >= 11 is 18.6. The number of nitrogens with one attached hydrogen (secondary N) is 1. The van der Waals surface area contributed by atoms with E-state index in [0.717, 1.165) is 4.31 Å². The Labute approximate surface area is 257 Å². The molecule has 0 aliphatic carbocycles. The molecule has 0 fully saturated rings. The van der Waals surface area contributed by atoms with Crippen molar-refractivity contribution in [2.45, 2.75) is 64.1 Å². The second kappa shape index (κ2) is 14.4. The SMILES string of the molecule is CCC(C)NC(=O)C(CC)N(Cc1ccc(Cl)cc1Cl)C(=O)CN(c1ccccc1C)S(=O)(=O)c1ccc(Cl)cc1. The largest absolute Gasteiger partial charge is 0.352 e. The zero-order valence-electron chi connectivity index (χ0n) is 23.4. The standard InChI is InChI=1S/C30H34Cl3N3O4S/c1-5-21(4)34-30(38)27(6-2)35(18-22-11-12-24(32)17-26(22)33)29(37)19-36(28-10-8-7-9-20(28)3)41(39,40)25-15-13-23(31)14-16-25/h7-17,21,27H,5-6,18-19H2,1-4H3,(H,34,38). The van der Waals surface area contributed by atoms with E-state index >= 15 is 0 Å². The third-order valence-electron chi connectivity index (χ3n) is 6.81. The number of amides is 2. The normalized spacial score (nSPS) is 12.9. The van der Waals surface area contributed by atoms with E-state index in [1.165, 1.54) is 29.2 Å². The van der Waals surface area contributed by atoms with E-state index in [4.69, 9.17) is 34.8 Å². The minimum absolute atomic E-state index is 0.0215. The Morgan fingerprint density at radius 1 is 0.902 bits per heavy atom. The molecular weight excluding hydrogens is 605 g/mol. The van der Waals surface area contributed by atoms with Crippen molar-refractivity contribution in [1.29, 1.82) is 0 Å². The highest BCUT2D eigenvalue weighted by Crippen LogP contribution is 2.29. The van der Waals surface area contributed by atoms with E-state index in [9.17, 15) is 18.0 Å². The van der Waals surface area contributed by atoms with Crippen LogP contribution in [0.1, 0.15) is 44.7 Å². The summed E-state index contributed by atoms with van der Waals surface area (Å²) in [4.78, 5) is 28.9. The number of benzene rings is 3. The van der Waals surface area contributed by atoms with Gasteiger partial charge < -0.3 is 10.2 Å². The lowest BCUT2D eigenvalue weighted by molar-refractivity contribution is -0.140. The zero-order valence-corrected chi connectivity index (χ0v) is 26.5. The highest BCUT2D eigenvalue weighted by Gasteiger charge is 2.34. The molecule has 41 heavy (non-hydrogen) atoms. The van der Waals surface area contributed by atoms with Crippen LogP contribution in [0.15, 0.2) is 71.6 Å². The fraction of sp³-hybridized carbons (Fsp3) is 0.333. The van der Waals surface area contributed by atoms with Gasteiger partial charge in [-0.1, -0.05) is 72.9 Å². The van der Waals surface area contributed by atoms with Crippen LogP contribution < -0.4 is 9.62 Å². The van der Waals surface area contributed by atoms with Crippen LogP contribution >= 0.6 is 34.8 Å². The van der Waals surface area contributed by atoms with Crippen molar-refractivity contribution in [3.63, 3.8) is 0 Å². The van der Waals surface area contributed by atoms with Crippen LogP contribution in [0.25, 0.3) is 0 Å². The molecule has 2 unspecified atom stereocenters. The Bertz CT molecular complexity index is 1480.